The van der Waals surface area contributed by atoms with Gasteiger partial charge in [-0.15, -0.1) is 10.2 Å². The van der Waals surface area contributed by atoms with Gasteiger partial charge in [0.1, 0.15) is 0 Å². The average molecular weight is 463 g/mol. The summed E-state index contributed by atoms with van der Waals surface area (Å²) >= 11 is 0. The summed E-state index contributed by atoms with van der Waals surface area (Å²) in [5.74, 6) is -0.0643. The molecular weight excluding hydrogens is 436 g/mol. The van der Waals surface area contributed by atoms with Crippen molar-refractivity contribution in [3.05, 3.63) is 68.3 Å². The Hall–Kier alpha value is -4.08. The molecule has 176 valence electrons. The molecule has 1 aromatic carbocycles. The van der Waals surface area contributed by atoms with Crippen LogP contribution in [0.2, 0.25) is 0 Å². The highest BCUT2D eigenvalue weighted by Gasteiger charge is 2.21. The van der Waals surface area contributed by atoms with Crippen LogP contribution < -0.4 is 16.6 Å². The van der Waals surface area contributed by atoms with E-state index in [0.717, 1.165) is 5.56 Å². The molecule has 3 aromatic heterocycles. The molecule has 0 bridgehead atoms. The van der Waals surface area contributed by atoms with Gasteiger partial charge in [0, 0.05) is 23.5 Å². The first kappa shape index (κ1) is 23.1. The molecular formula is C24H26N6O4. The van der Waals surface area contributed by atoms with Crippen molar-refractivity contribution < 1.29 is 9.21 Å². The average Bonchev–Trinajstić information content (AvgIpc) is 3.32. The smallest absolute Gasteiger partial charge is 0.330 e. The molecule has 0 atom stereocenters. The number of benzene rings is 1. The van der Waals surface area contributed by atoms with Crippen LogP contribution in [0, 0.1) is 12.8 Å². The molecule has 0 saturated heterocycles. The lowest BCUT2D eigenvalue weighted by atomic mass is 10.0. The minimum atomic E-state index is -0.649. The van der Waals surface area contributed by atoms with Crippen LogP contribution in [0.3, 0.4) is 0 Å². The van der Waals surface area contributed by atoms with Crippen LogP contribution >= 0.6 is 0 Å². The highest BCUT2D eigenvalue weighted by Crippen LogP contribution is 2.26. The minimum absolute atomic E-state index is 0.0274. The maximum absolute atomic E-state index is 13.5. The summed E-state index contributed by atoms with van der Waals surface area (Å²) < 4.78 is 6.68. The fraction of sp³-hybridized carbons (Fsp3) is 0.333. The fourth-order valence-corrected chi connectivity index (χ4v) is 3.68. The monoisotopic (exact) mass is 462 g/mol. The molecule has 4 aromatic rings. The number of aryl methyl sites for hydroxylation is 1. The van der Waals surface area contributed by atoms with Crippen molar-refractivity contribution in [1.29, 1.82) is 0 Å². The van der Waals surface area contributed by atoms with Crippen LogP contribution in [-0.2, 0) is 6.54 Å². The van der Waals surface area contributed by atoms with Crippen molar-refractivity contribution in [3.8, 4) is 11.5 Å². The maximum atomic E-state index is 13.5. The predicted octanol–water partition coefficient (Wildman–Crippen LogP) is 3.47. The first-order chi connectivity index (χ1) is 16.2. The number of hydrogen-bond donors (Lipinski definition) is 2. The van der Waals surface area contributed by atoms with Crippen LogP contribution in [0.4, 0.5) is 5.69 Å². The molecule has 10 heteroatoms. The Balaban J connectivity index is 1.87. The summed E-state index contributed by atoms with van der Waals surface area (Å²) in [5, 5.41) is 10.6. The lowest BCUT2D eigenvalue weighted by molar-refractivity contribution is 0.102. The molecule has 0 fully saturated rings. The molecule has 34 heavy (non-hydrogen) atoms. The van der Waals surface area contributed by atoms with E-state index in [1.807, 2.05) is 46.8 Å². The first-order valence-electron chi connectivity index (χ1n) is 11.0. The number of aromatic amines is 1. The van der Waals surface area contributed by atoms with Gasteiger partial charge in [-0.1, -0.05) is 33.8 Å². The third kappa shape index (κ3) is 4.39. The third-order valence-corrected chi connectivity index (χ3v) is 5.45. The van der Waals surface area contributed by atoms with E-state index in [9.17, 15) is 14.4 Å². The molecule has 0 aliphatic heterocycles. The van der Waals surface area contributed by atoms with Gasteiger partial charge in [0.2, 0.25) is 12.3 Å². The normalized spacial score (nSPS) is 11.5. The van der Waals surface area contributed by atoms with Gasteiger partial charge >= 0.3 is 5.69 Å². The Morgan fingerprint density at radius 3 is 2.59 bits per heavy atom. The lowest BCUT2D eigenvalue weighted by Crippen LogP contribution is -2.33. The zero-order valence-electron chi connectivity index (χ0n) is 19.7. The number of nitrogens with one attached hydrogen (secondary N) is 2. The van der Waals surface area contributed by atoms with Crippen LogP contribution in [0.5, 0.6) is 0 Å². The Labute approximate surface area is 195 Å². The SMILES string of the molecule is Cc1ccc(-c2nnco2)cc1NC(=O)c1cc(C(C)C)nc2c1c(=O)[nH]c(=O)n2CC(C)C. The van der Waals surface area contributed by atoms with Gasteiger partial charge in [0.25, 0.3) is 11.5 Å². The zero-order chi connectivity index (χ0) is 24.6. The molecule has 10 nitrogen and oxygen atoms in total. The molecule has 4 rings (SSSR count). The van der Waals surface area contributed by atoms with Crippen molar-refractivity contribution in [3.63, 3.8) is 0 Å². The topological polar surface area (TPSA) is 136 Å². The molecule has 0 spiro atoms. The van der Waals surface area contributed by atoms with E-state index < -0.39 is 17.2 Å². The largest absolute Gasteiger partial charge is 0.423 e. The summed E-state index contributed by atoms with van der Waals surface area (Å²) in [6, 6.07) is 6.98. The van der Waals surface area contributed by atoms with Gasteiger partial charge in [0.05, 0.1) is 10.9 Å². The summed E-state index contributed by atoms with van der Waals surface area (Å²) in [6.45, 7) is 10.0. The number of pyridine rings is 1. The molecule has 3 heterocycles. The number of amides is 1. The lowest BCUT2D eigenvalue weighted by Gasteiger charge is -2.16. The number of H-pyrrole nitrogens is 1. The predicted molar refractivity (Wildman–Crippen MR) is 128 cm³/mol. The second-order valence-corrected chi connectivity index (χ2v) is 8.94. The van der Waals surface area contributed by atoms with Crippen molar-refractivity contribution in [2.45, 2.75) is 47.1 Å². The molecule has 1 amide bonds. The van der Waals surface area contributed by atoms with E-state index in [4.69, 9.17) is 4.42 Å². The number of aromatic nitrogens is 5. The second kappa shape index (κ2) is 9.05. The van der Waals surface area contributed by atoms with Crippen molar-refractivity contribution in [1.82, 2.24) is 24.7 Å². The van der Waals surface area contributed by atoms with Crippen molar-refractivity contribution in [2.24, 2.45) is 5.92 Å². The van der Waals surface area contributed by atoms with Gasteiger partial charge in [0.15, 0.2) is 5.65 Å². The molecule has 0 aliphatic carbocycles. The Morgan fingerprint density at radius 2 is 1.94 bits per heavy atom. The van der Waals surface area contributed by atoms with Gasteiger partial charge in [-0.2, -0.15) is 0 Å². The number of fused-ring (bicyclic) bond motifs is 1. The molecule has 0 saturated carbocycles. The minimum Gasteiger partial charge on any atom is -0.423 e. The van der Waals surface area contributed by atoms with E-state index in [-0.39, 0.29) is 28.4 Å². The van der Waals surface area contributed by atoms with Crippen LogP contribution in [0.15, 0.2) is 44.7 Å². The van der Waals surface area contributed by atoms with Crippen molar-refractivity contribution >= 4 is 22.6 Å². The number of carbonyl (C=O) groups excluding carboxylic acids is 1. The van der Waals surface area contributed by atoms with Crippen molar-refractivity contribution in [2.75, 3.05) is 5.32 Å². The number of carbonyl (C=O) groups is 1. The van der Waals surface area contributed by atoms with E-state index in [2.05, 4.69) is 25.5 Å². The van der Waals surface area contributed by atoms with E-state index in [1.54, 1.807) is 12.1 Å². The zero-order valence-corrected chi connectivity index (χ0v) is 19.7. The third-order valence-electron chi connectivity index (χ3n) is 5.45. The standard InChI is InChI=1S/C24H26N6O4/c1-12(2)10-30-20-19(22(32)28-24(30)33)16(9-17(26-20)13(3)4)21(31)27-18-8-15(7-6-14(18)5)23-29-25-11-34-23/h6-9,11-13H,10H2,1-5H3,(H,27,31)(H,28,32,33). The van der Waals surface area contributed by atoms with Crippen LogP contribution in [0.1, 0.15) is 55.2 Å². The van der Waals surface area contributed by atoms with Crippen LogP contribution in [0.25, 0.3) is 22.5 Å². The van der Waals surface area contributed by atoms with E-state index >= 15 is 0 Å². The summed E-state index contributed by atoms with van der Waals surface area (Å²) in [7, 11) is 0. The number of rotatable bonds is 6. The summed E-state index contributed by atoms with van der Waals surface area (Å²) in [5.41, 5.74) is 1.75. The van der Waals surface area contributed by atoms with Gasteiger partial charge in [-0.25, -0.2) is 9.78 Å². The highest BCUT2D eigenvalue weighted by molar-refractivity contribution is 6.12. The molecule has 2 N–H and O–H groups in total. The van der Waals surface area contributed by atoms with E-state index in [0.29, 0.717) is 29.4 Å². The Bertz CT molecular complexity index is 1480. The second-order valence-electron chi connectivity index (χ2n) is 8.94. The van der Waals surface area contributed by atoms with Gasteiger partial charge in [-0.05, 0) is 42.5 Å². The maximum Gasteiger partial charge on any atom is 0.330 e. The number of hydrogen-bond acceptors (Lipinski definition) is 7. The Morgan fingerprint density at radius 1 is 1.18 bits per heavy atom. The first-order valence-corrected chi connectivity index (χ1v) is 11.0. The number of anilines is 1. The highest BCUT2D eigenvalue weighted by atomic mass is 16.4. The van der Waals surface area contributed by atoms with E-state index in [1.165, 1.54) is 11.0 Å². The molecule has 0 unspecified atom stereocenters. The van der Waals surface area contributed by atoms with Crippen LogP contribution in [-0.4, -0.2) is 30.6 Å². The Kier molecular flexibility index (Phi) is 6.14. The molecule has 0 radical (unpaired) electrons. The fourth-order valence-electron chi connectivity index (χ4n) is 3.68. The molecule has 0 aliphatic rings. The quantitative estimate of drug-likeness (QED) is 0.448. The van der Waals surface area contributed by atoms with Gasteiger partial charge in [-0.3, -0.25) is 19.1 Å². The van der Waals surface area contributed by atoms with Gasteiger partial charge < -0.3 is 9.73 Å². The summed E-state index contributed by atoms with van der Waals surface area (Å²) in [4.78, 5) is 45.9. The number of nitrogens with zero attached hydrogens (tertiary/aromatic N) is 4. The summed E-state index contributed by atoms with van der Waals surface area (Å²) in [6.07, 6.45) is 1.23.